The quantitative estimate of drug-likeness (QED) is 0.779. The summed E-state index contributed by atoms with van der Waals surface area (Å²) in [4.78, 5) is 25.7. The van der Waals surface area contributed by atoms with E-state index in [0.29, 0.717) is 19.6 Å². The molecule has 3 N–H and O–H groups in total. The van der Waals surface area contributed by atoms with Crippen molar-refractivity contribution in [1.82, 2.24) is 10.2 Å². The van der Waals surface area contributed by atoms with E-state index in [1.54, 1.807) is 17.0 Å². The second-order valence-electron chi connectivity index (χ2n) is 5.80. The number of amides is 2. The van der Waals surface area contributed by atoms with E-state index in [1.807, 2.05) is 0 Å². The number of ether oxygens (including phenoxy) is 1. The van der Waals surface area contributed by atoms with Crippen molar-refractivity contribution in [2.24, 2.45) is 5.73 Å². The van der Waals surface area contributed by atoms with E-state index >= 15 is 0 Å². The van der Waals surface area contributed by atoms with Crippen molar-refractivity contribution >= 4 is 11.8 Å². The summed E-state index contributed by atoms with van der Waals surface area (Å²) >= 11 is 0. The number of piperidine rings is 1. The van der Waals surface area contributed by atoms with Crippen molar-refractivity contribution in [3.63, 3.8) is 0 Å². The number of rotatable bonds is 7. The summed E-state index contributed by atoms with van der Waals surface area (Å²) in [6.07, 6.45) is 3.03. The molecule has 1 aliphatic rings. The summed E-state index contributed by atoms with van der Waals surface area (Å²) in [5.74, 6) is -0.737. The largest absolute Gasteiger partial charge is 0.481 e. The Kier molecular flexibility index (Phi) is 6.99. The molecular weight excluding hydrogens is 313 g/mol. The molecule has 2 amide bonds. The van der Waals surface area contributed by atoms with Gasteiger partial charge in [0.1, 0.15) is 0 Å². The maximum Gasteiger partial charge on any atom is 0.260 e. The number of para-hydroxylation sites is 1. The fourth-order valence-corrected chi connectivity index (χ4v) is 2.78. The Morgan fingerprint density at radius 2 is 2.12 bits per heavy atom. The summed E-state index contributed by atoms with van der Waals surface area (Å²) in [5, 5.41) is 2.81. The number of nitrogens with zero attached hydrogens (tertiary/aromatic N) is 1. The van der Waals surface area contributed by atoms with Gasteiger partial charge < -0.3 is 20.7 Å². The summed E-state index contributed by atoms with van der Waals surface area (Å²) in [5.41, 5.74) is 5.35. The van der Waals surface area contributed by atoms with Crippen molar-refractivity contribution in [1.29, 1.82) is 0 Å². The molecule has 7 heteroatoms. The third-order valence-corrected chi connectivity index (χ3v) is 4.04. The Morgan fingerprint density at radius 1 is 1.33 bits per heavy atom. The zero-order valence-electron chi connectivity index (χ0n) is 13.7. The Bertz CT molecular complexity index is 568. The van der Waals surface area contributed by atoms with Crippen LogP contribution in [0.5, 0.6) is 5.75 Å². The first-order chi connectivity index (χ1) is 11.6. The molecule has 0 saturated carbocycles. The number of carbonyl (C=O) groups excluding carboxylic acids is 2. The van der Waals surface area contributed by atoms with E-state index in [4.69, 9.17) is 10.5 Å². The van der Waals surface area contributed by atoms with E-state index in [2.05, 4.69) is 5.32 Å². The minimum atomic E-state index is -0.491. The fourth-order valence-electron chi connectivity index (χ4n) is 2.78. The lowest BCUT2D eigenvalue weighted by molar-refractivity contribution is -0.137. The number of carbonyl (C=O) groups is 2. The number of hydrogen-bond acceptors (Lipinski definition) is 4. The fraction of sp³-hybridized carbons (Fsp3) is 0.529. The van der Waals surface area contributed by atoms with E-state index in [0.717, 1.165) is 19.3 Å². The van der Waals surface area contributed by atoms with E-state index in [1.165, 1.54) is 12.1 Å². The second kappa shape index (κ2) is 9.22. The molecule has 132 valence electrons. The number of benzene rings is 1. The van der Waals surface area contributed by atoms with Gasteiger partial charge in [0.2, 0.25) is 5.91 Å². The van der Waals surface area contributed by atoms with Gasteiger partial charge in [-0.25, -0.2) is 4.39 Å². The van der Waals surface area contributed by atoms with Crippen LogP contribution in [0.1, 0.15) is 25.7 Å². The van der Waals surface area contributed by atoms with Gasteiger partial charge in [0, 0.05) is 32.1 Å². The first-order valence-electron chi connectivity index (χ1n) is 8.25. The first kappa shape index (κ1) is 18.2. The molecule has 1 aromatic carbocycles. The van der Waals surface area contributed by atoms with Crippen molar-refractivity contribution in [3.05, 3.63) is 30.1 Å². The molecule has 1 unspecified atom stereocenters. The molecule has 0 spiro atoms. The van der Waals surface area contributed by atoms with E-state index < -0.39 is 5.82 Å². The molecule has 0 aromatic heterocycles. The smallest absolute Gasteiger partial charge is 0.260 e. The number of hydrogen-bond donors (Lipinski definition) is 2. The monoisotopic (exact) mass is 337 g/mol. The molecule has 0 aliphatic carbocycles. The highest BCUT2D eigenvalue weighted by atomic mass is 19.1. The summed E-state index contributed by atoms with van der Waals surface area (Å²) in [6, 6.07) is 5.94. The molecule has 2 rings (SSSR count). The van der Waals surface area contributed by atoms with Crippen LogP contribution in [0, 0.1) is 5.82 Å². The molecule has 0 bridgehead atoms. The Morgan fingerprint density at radius 3 is 2.88 bits per heavy atom. The van der Waals surface area contributed by atoms with Crippen LogP contribution in [-0.2, 0) is 9.59 Å². The number of likely N-dealkylation sites (tertiary alicyclic amines) is 1. The van der Waals surface area contributed by atoms with Crippen LogP contribution in [0.15, 0.2) is 24.3 Å². The van der Waals surface area contributed by atoms with Crippen LogP contribution in [0.3, 0.4) is 0 Å². The summed E-state index contributed by atoms with van der Waals surface area (Å²) in [7, 11) is 0. The van der Waals surface area contributed by atoms with Crippen LogP contribution in [-0.4, -0.2) is 49.0 Å². The maximum absolute atomic E-state index is 13.5. The van der Waals surface area contributed by atoms with Gasteiger partial charge in [-0.3, -0.25) is 9.59 Å². The molecule has 1 atom stereocenters. The predicted molar refractivity (Wildman–Crippen MR) is 87.9 cm³/mol. The second-order valence-corrected chi connectivity index (χ2v) is 5.80. The molecule has 1 aromatic rings. The molecule has 1 saturated heterocycles. The van der Waals surface area contributed by atoms with Crippen molar-refractivity contribution in [2.45, 2.75) is 31.7 Å². The zero-order valence-corrected chi connectivity index (χ0v) is 13.7. The van der Waals surface area contributed by atoms with Crippen LogP contribution in [0.4, 0.5) is 4.39 Å². The predicted octanol–water partition coefficient (Wildman–Crippen LogP) is 1.05. The lowest BCUT2D eigenvalue weighted by atomic mass is 10.0. The molecule has 24 heavy (non-hydrogen) atoms. The van der Waals surface area contributed by atoms with Gasteiger partial charge in [0.25, 0.3) is 5.91 Å². The highest BCUT2D eigenvalue weighted by Crippen LogP contribution is 2.19. The first-order valence-corrected chi connectivity index (χ1v) is 8.25. The Balaban J connectivity index is 1.88. The SMILES string of the molecule is NCCC(=O)NCC1CCCCN1C(=O)COc1ccccc1F. The Hall–Kier alpha value is -2.15. The van der Waals surface area contributed by atoms with Crippen LogP contribution in [0.25, 0.3) is 0 Å². The van der Waals surface area contributed by atoms with Gasteiger partial charge in [-0.2, -0.15) is 0 Å². The van der Waals surface area contributed by atoms with Gasteiger partial charge in [0.05, 0.1) is 0 Å². The van der Waals surface area contributed by atoms with Crippen LogP contribution < -0.4 is 15.8 Å². The number of nitrogens with two attached hydrogens (primary N) is 1. The van der Waals surface area contributed by atoms with Crippen molar-refractivity contribution in [3.8, 4) is 5.75 Å². The van der Waals surface area contributed by atoms with Gasteiger partial charge in [-0.1, -0.05) is 12.1 Å². The highest BCUT2D eigenvalue weighted by Gasteiger charge is 2.27. The van der Waals surface area contributed by atoms with Gasteiger partial charge in [-0.05, 0) is 31.4 Å². The van der Waals surface area contributed by atoms with Gasteiger partial charge >= 0.3 is 0 Å². The van der Waals surface area contributed by atoms with Crippen LogP contribution in [0.2, 0.25) is 0 Å². The maximum atomic E-state index is 13.5. The molecule has 1 aliphatic heterocycles. The minimum absolute atomic E-state index is 0.0582. The average Bonchev–Trinajstić information content (AvgIpc) is 2.59. The summed E-state index contributed by atoms with van der Waals surface area (Å²) in [6.45, 7) is 1.12. The molecule has 6 nitrogen and oxygen atoms in total. The topological polar surface area (TPSA) is 84.7 Å². The van der Waals surface area contributed by atoms with Crippen LogP contribution >= 0.6 is 0 Å². The van der Waals surface area contributed by atoms with E-state index in [-0.39, 0.29) is 36.6 Å². The zero-order chi connectivity index (χ0) is 17.4. The highest BCUT2D eigenvalue weighted by molar-refractivity contribution is 5.79. The minimum Gasteiger partial charge on any atom is -0.481 e. The molecule has 1 fully saturated rings. The summed E-state index contributed by atoms with van der Waals surface area (Å²) < 4.78 is 18.8. The Labute approximate surface area is 141 Å². The van der Waals surface area contributed by atoms with E-state index in [9.17, 15) is 14.0 Å². The van der Waals surface area contributed by atoms with Crippen molar-refractivity contribution < 1.29 is 18.7 Å². The third-order valence-electron chi connectivity index (χ3n) is 4.04. The normalized spacial score (nSPS) is 17.4. The number of nitrogens with one attached hydrogen (secondary N) is 1. The molecule has 0 radical (unpaired) electrons. The standard InChI is InChI=1S/C17H24FN3O3/c18-14-6-1-2-7-15(14)24-12-17(23)21-10-4-3-5-13(21)11-20-16(22)8-9-19/h1-2,6-7,13H,3-5,8-12,19H2,(H,20,22). The van der Waals surface area contributed by atoms with Crippen molar-refractivity contribution in [2.75, 3.05) is 26.2 Å². The third kappa shape index (κ3) is 5.19. The van der Waals surface area contributed by atoms with Gasteiger partial charge in [-0.15, -0.1) is 0 Å². The lowest BCUT2D eigenvalue weighted by Gasteiger charge is -2.35. The van der Waals surface area contributed by atoms with Gasteiger partial charge in [0.15, 0.2) is 18.2 Å². The lowest BCUT2D eigenvalue weighted by Crippen LogP contribution is -2.50. The number of halogens is 1. The molecule has 1 heterocycles. The molecular formula is C17H24FN3O3. The average molecular weight is 337 g/mol.